The molecular weight excluding hydrogens is 226 g/mol. The van der Waals surface area contributed by atoms with Crippen LogP contribution >= 0.6 is 11.6 Å². The molecule has 1 aromatic rings. The number of nitrogens with two attached hydrogens (primary N) is 1. The summed E-state index contributed by atoms with van der Waals surface area (Å²) in [6.45, 7) is 2.18. The van der Waals surface area contributed by atoms with E-state index in [1.807, 2.05) is 24.3 Å². The lowest BCUT2D eigenvalue weighted by Crippen LogP contribution is -2.27. The molecule has 1 aromatic carbocycles. The molecule has 0 radical (unpaired) electrons. The summed E-state index contributed by atoms with van der Waals surface area (Å²) in [7, 11) is 0. The molecule has 0 aromatic heterocycles. The first-order valence-corrected chi connectivity index (χ1v) is 5.65. The first-order valence-electron chi connectivity index (χ1n) is 5.27. The predicted molar refractivity (Wildman–Crippen MR) is 64.4 cm³/mol. The average Bonchev–Trinajstić information content (AvgIpc) is 2.21. The van der Waals surface area contributed by atoms with Crippen molar-refractivity contribution in [3.63, 3.8) is 0 Å². The van der Waals surface area contributed by atoms with Crippen molar-refractivity contribution in [3.05, 3.63) is 34.9 Å². The van der Waals surface area contributed by atoms with Crippen LogP contribution < -0.4 is 5.73 Å². The maximum atomic E-state index is 11.2. The standard InChI is InChI=1S/C12H16ClNO2/c1-2-16-12(15)8-11(14)7-9-3-5-10(13)6-4-9/h3-6,11H,2,7-8,14H2,1H3. The molecule has 0 aliphatic carbocycles. The van der Waals surface area contributed by atoms with E-state index in [0.717, 1.165) is 5.56 Å². The monoisotopic (exact) mass is 241 g/mol. The summed E-state index contributed by atoms with van der Waals surface area (Å²) in [6.07, 6.45) is 0.895. The van der Waals surface area contributed by atoms with E-state index in [4.69, 9.17) is 22.1 Å². The fraction of sp³-hybridized carbons (Fsp3) is 0.417. The van der Waals surface area contributed by atoms with E-state index >= 15 is 0 Å². The molecule has 1 atom stereocenters. The summed E-state index contributed by atoms with van der Waals surface area (Å²) in [4.78, 5) is 11.2. The molecule has 2 N–H and O–H groups in total. The molecule has 3 nitrogen and oxygen atoms in total. The number of carbonyl (C=O) groups excluding carboxylic acids is 1. The van der Waals surface area contributed by atoms with Crippen molar-refractivity contribution < 1.29 is 9.53 Å². The largest absolute Gasteiger partial charge is 0.466 e. The van der Waals surface area contributed by atoms with Crippen molar-refractivity contribution in [1.29, 1.82) is 0 Å². The Balaban J connectivity index is 2.42. The number of carbonyl (C=O) groups is 1. The second kappa shape index (κ2) is 6.51. The first kappa shape index (κ1) is 13.0. The second-order valence-electron chi connectivity index (χ2n) is 3.60. The minimum Gasteiger partial charge on any atom is -0.466 e. The van der Waals surface area contributed by atoms with Crippen LogP contribution in [0.1, 0.15) is 18.9 Å². The van der Waals surface area contributed by atoms with Crippen LogP contribution in [0.15, 0.2) is 24.3 Å². The van der Waals surface area contributed by atoms with E-state index in [0.29, 0.717) is 18.1 Å². The maximum Gasteiger partial charge on any atom is 0.307 e. The summed E-state index contributed by atoms with van der Waals surface area (Å²) < 4.78 is 4.83. The van der Waals surface area contributed by atoms with Gasteiger partial charge in [0.15, 0.2) is 0 Å². The summed E-state index contributed by atoms with van der Waals surface area (Å²) in [5.41, 5.74) is 6.91. The highest BCUT2D eigenvalue weighted by molar-refractivity contribution is 6.30. The third-order valence-corrected chi connectivity index (χ3v) is 2.40. The zero-order chi connectivity index (χ0) is 12.0. The summed E-state index contributed by atoms with van der Waals surface area (Å²) >= 11 is 5.77. The molecule has 1 rings (SSSR count). The van der Waals surface area contributed by atoms with Crippen molar-refractivity contribution in [2.75, 3.05) is 6.61 Å². The number of hydrogen-bond donors (Lipinski definition) is 1. The average molecular weight is 242 g/mol. The van der Waals surface area contributed by atoms with E-state index in [1.54, 1.807) is 6.92 Å². The highest BCUT2D eigenvalue weighted by Crippen LogP contribution is 2.11. The number of rotatable bonds is 5. The van der Waals surface area contributed by atoms with E-state index in [-0.39, 0.29) is 18.4 Å². The van der Waals surface area contributed by atoms with Gasteiger partial charge >= 0.3 is 5.97 Å². The molecule has 88 valence electrons. The Morgan fingerprint density at radius 1 is 1.44 bits per heavy atom. The molecule has 0 aliphatic heterocycles. The normalized spacial score (nSPS) is 12.2. The second-order valence-corrected chi connectivity index (χ2v) is 4.04. The molecule has 0 amide bonds. The first-order chi connectivity index (χ1) is 7.61. The lowest BCUT2D eigenvalue weighted by Gasteiger charge is -2.10. The van der Waals surface area contributed by atoms with Gasteiger partial charge in [0.2, 0.25) is 0 Å². The Morgan fingerprint density at radius 2 is 2.06 bits per heavy atom. The van der Waals surface area contributed by atoms with Gasteiger partial charge in [0.1, 0.15) is 0 Å². The van der Waals surface area contributed by atoms with Crippen molar-refractivity contribution in [3.8, 4) is 0 Å². The Kier molecular flexibility index (Phi) is 5.29. The molecule has 1 unspecified atom stereocenters. The van der Waals surface area contributed by atoms with Crippen LogP contribution in [0.4, 0.5) is 0 Å². The Hall–Kier alpha value is -1.06. The molecular formula is C12H16ClNO2. The van der Waals surface area contributed by atoms with Crippen molar-refractivity contribution in [2.24, 2.45) is 5.73 Å². The molecule has 0 spiro atoms. The van der Waals surface area contributed by atoms with Gasteiger partial charge in [-0.05, 0) is 31.0 Å². The molecule has 0 saturated heterocycles. The highest BCUT2D eigenvalue weighted by Gasteiger charge is 2.10. The Labute approximate surface area is 101 Å². The van der Waals surface area contributed by atoms with Crippen LogP contribution in [0.3, 0.4) is 0 Å². The molecule has 4 heteroatoms. The fourth-order valence-corrected chi connectivity index (χ4v) is 1.56. The number of esters is 1. The molecule has 16 heavy (non-hydrogen) atoms. The van der Waals surface area contributed by atoms with E-state index < -0.39 is 0 Å². The van der Waals surface area contributed by atoms with Gasteiger partial charge in [0.05, 0.1) is 13.0 Å². The fourth-order valence-electron chi connectivity index (χ4n) is 1.43. The third-order valence-electron chi connectivity index (χ3n) is 2.15. The van der Waals surface area contributed by atoms with Gasteiger partial charge in [-0.15, -0.1) is 0 Å². The number of benzene rings is 1. The van der Waals surface area contributed by atoms with Crippen LogP contribution in [-0.2, 0) is 16.0 Å². The van der Waals surface area contributed by atoms with E-state index in [1.165, 1.54) is 0 Å². The van der Waals surface area contributed by atoms with Crippen molar-refractivity contribution >= 4 is 17.6 Å². The molecule has 0 saturated carbocycles. The maximum absolute atomic E-state index is 11.2. The van der Waals surface area contributed by atoms with Gasteiger partial charge in [-0.25, -0.2) is 0 Å². The van der Waals surface area contributed by atoms with Gasteiger partial charge in [-0.3, -0.25) is 4.79 Å². The van der Waals surface area contributed by atoms with Gasteiger partial charge in [-0.1, -0.05) is 23.7 Å². The zero-order valence-electron chi connectivity index (χ0n) is 9.28. The molecule has 0 bridgehead atoms. The van der Waals surface area contributed by atoms with Gasteiger partial charge in [0, 0.05) is 11.1 Å². The SMILES string of the molecule is CCOC(=O)CC(N)Cc1ccc(Cl)cc1. The van der Waals surface area contributed by atoms with Crippen LogP contribution in [0.2, 0.25) is 5.02 Å². The molecule has 0 fully saturated rings. The van der Waals surface area contributed by atoms with Crippen LogP contribution in [0.25, 0.3) is 0 Å². The van der Waals surface area contributed by atoms with Gasteiger partial charge in [0.25, 0.3) is 0 Å². The molecule has 0 heterocycles. The number of ether oxygens (including phenoxy) is 1. The summed E-state index contributed by atoms with van der Waals surface area (Å²) in [5, 5.41) is 0.697. The lowest BCUT2D eigenvalue weighted by atomic mass is 10.0. The smallest absolute Gasteiger partial charge is 0.307 e. The number of halogens is 1. The third kappa shape index (κ3) is 4.64. The summed E-state index contributed by atoms with van der Waals surface area (Å²) in [5.74, 6) is -0.246. The summed E-state index contributed by atoms with van der Waals surface area (Å²) in [6, 6.07) is 7.24. The van der Waals surface area contributed by atoms with Crippen molar-refractivity contribution in [1.82, 2.24) is 0 Å². The predicted octanol–water partition coefficient (Wildman–Crippen LogP) is 2.16. The van der Waals surface area contributed by atoms with Crippen molar-refractivity contribution in [2.45, 2.75) is 25.8 Å². The topological polar surface area (TPSA) is 52.3 Å². The van der Waals surface area contributed by atoms with Crippen LogP contribution in [0.5, 0.6) is 0 Å². The lowest BCUT2D eigenvalue weighted by molar-refractivity contribution is -0.143. The van der Waals surface area contributed by atoms with E-state index in [9.17, 15) is 4.79 Å². The molecule has 0 aliphatic rings. The zero-order valence-corrected chi connectivity index (χ0v) is 10.0. The minimum absolute atomic E-state index is 0.208. The minimum atomic E-state index is -0.246. The van der Waals surface area contributed by atoms with E-state index in [2.05, 4.69) is 0 Å². The van der Waals surface area contributed by atoms with Gasteiger partial charge < -0.3 is 10.5 Å². The highest BCUT2D eigenvalue weighted by atomic mass is 35.5. The number of hydrogen-bond acceptors (Lipinski definition) is 3. The van der Waals surface area contributed by atoms with Crippen LogP contribution in [0, 0.1) is 0 Å². The quantitative estimate of drug-likeness (QED) is 0.804. The van der Waals surface area contributed by atoms with Gasteiger partial charge in [-0.2, -0.15) is 0 Å². The Bertz CT molecular complexity index is 337. The Morgan fingerprint density at radius 3 is 2.62 bits per heavy atom. The van der Waals surface area contributed by atoms with Crippen LogP contribution in [-0.4, -0.2) is 18.6 Å².